The first kappa shape index (κ1) is 30.7. The van der Waals surface area contributed by atoms with Crippen LogP contribution >= 0.6 is 0 Å². The summed E-state index contributed by atoms with van der Waals surface area (Å²) in [4.78, 5) is 64.1. The molecule has 0 unspecified atom stereocenters. The maximum Gasteiger partial charge on any atom is 0.182 e. The third-order valence-electron chi connectivity index (χ3n) is 5.87. The van der Waals surface area contributed by atoms with Crippen LogP contribution in [-0.4, -0.2) is 44.1 Å². The maximum absolute atomic E-state index is 11.0. The Bertz CT molecular complexity index is 1810. The summed E-state index contributed by atoms with van der Waals surface area (Å²) in [6.07, 6.45) is 9.56. The second kappa shape index (κ2) is 15.1. The van der Waals surface area contributed by atoms with Gasteiger partial charge in [0.05, 0.1) is 48.4 Å². The number of H-pyrrole nitrogens is 4. The zero-order chi connectivity index (χ0) is 31.3. The van der Waals surface area contributed by atoms with Gasteiger partial charge in [-0.25, -0.2) is 0 Å². The third-order valence-corrected chi connectivity index (χ3v) is 5.87. The van der Waals surface area contributed by atoms with Crippen molar-refractivity contribution in [2.75, 3.05) is 14.2 Å². The Morgan fingerprint density at radius 1 is 0.455 bits per heavy atom. The molecule has 0 aliphatic heterocycles. The Kier molecular flexibility index (Phi) is 10.5. The van der Waals surface area contributed by atoms with Crippen LogP contribution in [0.4, 0.5) is 0 Å². The van der Waals surface area contributed by atoms with E-state index in [2.05, 4.69) is 29.9 Å². The Morgan fingerprint density at radius 2 is 0.750 bits per heavy atom. The SMILES string of the molecule is COc1ccnc(-c2cc(OC)ccn2)c1.O=c1cc[nH]c(-c2cc(=O)cc[nH]2)c1.O=c1cc[nH]c(-c2cc(=O)cc[nH]2)c1. The number of aromatic amines is 4. The lowest BCUT2D eigenvalue weighted by Gasteiger charge is -2.04. The molecule has 6 aromatic heterocycles. The van der Waals surface area contributed by atoms with Crippen LogP contribution in [0.1, 0.15) is 0 Å². The second-order valence-corrected chi connectivity index (χ2v) is 8.91. The van der Waals surface area contributed by atoms with Crippen LogP contribution in [0.2, 0.25) is 0 Å². The van der Waals surface area contributed by atoms with E-state index < -0.39 is 0 Å². The highest BCUT2D eigenvalue weighted by Gasteiger charge is 2.04. The van der Waals surface area contributed by atoms with Gasteiger partial charge in [-0.2, -0.15) is 0 Å². The summed E-state index contributed by atoms with van der Waals surface area (Å²) in [5, 5.41) is 0. The van der Waals surface area contributed by atoms with Gasteiger partial charge in [0.25, 0.3) is 0 Å². The molecule has 0 atom stereocenters. The number of rotatable bonds is 5. The van der Waals surface area contributed by atoms with Crippen LogP contribution in [0.15, 0.2) is 129 Å². The van der Waals surface area contributed by atoms with Gasteiger partial charge in [-0.3, -0.25) is 29.1 Å². The van der Waals surface area contributed by atoms with Crippen molar-refractivity contribution in [2.24, 2.45) is 0 Å². The molecule has 0 radical (unpaired) electrons. The number of nitrogens with one attached hydrogen (secondary N) is 4. The Hall–Kier alpha value is -6.30. The van der Waals surface area contributed by atoms with Gasteiger partial charge in [-0.05, 0) is 12.1 Å². The lowest BCUT2D eigenvalue weighted by atomic mass is 10.2. The molecule has 6 rings (SSSR count). The standard InChI is InChI=1S/C12H12N2O2.2C10H8N2O2/c1-15-9-3-5-13-11(7-9)12-8-10(16-2)4-6-14-12;2*13-7-1-3-11-9(5-7)10-6-8(14)2-4-12-10/h3-8H,1-2H3;2*1-6H,(H,11,13)(H,12,14). The smallest absolute Gasteiger partial charge is 0.182 e. The largest absolute Gasteiger partial charge is 0.497 e. The van der Waals surface area contributed by atoms with E-state index in [0.717, 1.165) is 22.9 Å². The normalized spacial score (nSPS) is 9.95. The summed E-state index contributed by atoms with van der Waals surface area (Å²) in [6.45, 7) is 0. The number of nitrogens with zero attached hydrogens (tertiary/aromatic N) is 2. The monoisotopic (exact) mass is 592 g/mol. The molecule has 0 aliphatic rings. The molecule has 6 aromatic rings. The predicted molar refractivity (Wildman–Crippen MR) is 167 cm³/mol. The quantitative estimate of drug-likeness (QED) is 0.235. The fraction of sp³-hybridized carbons (Fsp3) is 0.0625. The van der Waals surface area contributed by atoms with Gasteiger partial charge in [0.15, 0.2) is 21.7 Å². The lowest BCUT2D eigenvalue weighted by molar-refractivity contribution is 0.413. The summed E-state index contributed by atoms with van der Waals surface area (Å²) in [5.74, 6) is 1.52. The first-order chi connectivity index (χ1) is 21.3. The molecule has 0 bridgehead atoms. The number of methoxy groups -OCH3 is 2. The molecular formula is C32H28N6O6. The number of hydrogen-bond donors (Lipinski definition) is 4. The third kappa shape index (κ3) is 8.85. The average Bonchev–Trinajstić information content (AvgIpc) is 3.05. The highest BCUT2D eigenvalue weighted by Crippen LogP contribution is 2.22. The molecule has 0 spiro atoms. The summed E-state index contributed by atoms with van der Waals surface area (Å²) in [6, 6.07) is 18.7. The Balaban J connectivity index is 0.000000151. The fourth-order valence-electron chi connectivity index (χ4n) is 3.76. The molecule has 0 aromatic carbocycles. The van der Waals surface area contributed by atoms with E-state index >= 15 is 0 Å². The van der Waals surface area contributed by atoms with E-state index in [9.17, 15) is 19.2 Å². The molecule has 0 saturated carbocycles. The number of pyridine rings is 6. The van der Waals surface area contributed by atoms with Crippen molar-refractivity contribution < 1.29 is 9.47 Å². The van der Waals surface area contributed by atoms with Crippen LogP contribution in [0.25, 0.3) is 34.2 Å². The molecular weight excluding hydrogens is 564 g/mol. The average molecular weight is 593 g/mol. The minimum atomic E-state index is -0.0940. The topological polar surface area (TPSA) is 176 Å². The minimum absolute atomic E-state index is 0.0940. The first-order valence-electron chi connectivity index (χ1n) is 13.1. The van der Waals surface area contributed by atoms with Gasteiger partial charge in [-0.15, -0.1) is 0 Å². The van der Waals surface area contributed by atoms with E-state index in [1.807, 2.05) is 12.1 Å². The Morgan fingerprint density at radius 3 is 1.00 bits per heavy atom. The van der Waals surface area contributed by atoms with Gasteiger partial charge >= 0.3 is 0 Å². The zero-order valence-electron chi connectivity index (χ0n) is 23.7. The molecule has 0 aliphatic carbocycles. The van der Waals surface area contributed by atoms with E-state index in [-0.39, 0.29) is 21.7 Å². The van der Waals surface area contributed by atoms with Crippen molar-refractivity contribution in [3.8, 4) is 45.7 Å². The lowest BCUT2D eigenvalue weighted by Crippen LogP contribution is -2.02. The highest BCUT2D eigenvalue weighted by molar-refractivity contribution is 5.58. The summed E-state index contributed by atoms with van der Waals surface area (Å²) < 4.78 is 10.3. The van der Waals surface area contributed by atoms with E-state index in [4.69, 9.17) is 9.47 Å². The summed E-state index contributed by atoms with van der Waals surface area (Å²) in [7, 11) is 3.25. The molecule has 6 heterocycles. The first-order valence-corrected chi connectivity index (χ1v) is 13.1. The summed E-state index contributed by atoms with van der Waals surface area (Å²) >= 11 is 0. The predicted octanol–water partition coefficient (Wildman–Crippen LogP) is 3.62. The van der Waals surface area contributed by atoms with Crippen molar-refractivity contribution >= 4 is 0 Å². The minimum Gasteiger partial charge on any atom is -0.497 e. The van der Waals surface area contributed by atoms with Gasteiger partial charge in [-0.1, -0.05) is 0 Å². The van der Waals surface area contributed by atoms with Gasteiger partial charge in [0.2, 0.25) is 0 Å². The molecule has 4 N–H and O–H groups in total. The van der Waals surface area contributed by atoms with Crippen LogP contribution in [0.5, 0.6) is 11.5 Å². The molecule has 12 nitrogen and oxygen atoms in total. The molecule has 12 heteroatoms. The number of hydrogen-bond acceptors (Lipinski definition) is 8. The number of aromatic nitrogens is 6. The molecule has 0 saturated heterocycles. The second-order valence-electron chi connectivity index (χ2n) is 8.91. The van der Waals surface area contributed by atoms with Crippen LogP contribution in [-0.2, 0) is 0 Å². The molecule has 44 heavy (non-hydrogen) atoms. The van der Waals surface area contributed by atoms with Gasteiger partial charge < -0.3 is 29.4 Å². The van der Waals surface area contributed by atoms with Crippen molar-refractivity contribution in [2.45, 2.75) is 0 Å². The van der Waals surface area contributed by atoms with E-state index in [0.29, 0.717) is 22.8 Å². The van der Waals surface area contributed by atoms with Crippen molar-refractivity contribution in [1.82, 2.24) is 29.9 Å². The van der Waals surface area contributed by atoms with Crippen LogP contribution in [0.3, 0.4) is 0 Å². The van der Waals surface area contributed by atoms with E-state index in [1.54, 1.807) is 63.5 Å². The molecule has 222 valence electrons. The van der Waals surface area contributed by atoms with Crippen LogP contribution < -0.4 is 31.2 Å². The van der Waals surface area contributed by atoms with Crippen molar-refractivity contribution in [3.63, 3.8) is 0 Å². The Labute approximate surface area is 250 Å². The number of ether oxygens (including phenoxy) is 2. The van der Waals surface area contributed by atoms with Gasteiger partial charge in [0.1, 0.15) is 11.5 Å². The van der Waals surface area contributed by atoms with Crippen molar-refractivity contribution in [3.05, 3.63) is 151 Å². The summed E-state index contributed by atoms with van der Waals surface area (Å²) in [5.41, 5.74) is 3.58. The van der Waals surface area contributed by atoms with Gasteiger partial charge in [0, 0.05) is 97.8 Å². The van der Waals surface area contributed by atoms with E-state index in [1.165, 1.54) is 48.5 Å². The van der Waals surface area contributed by atoms with Crippen LogP contribution in [0, 0.1) is 0 Å². The maximum atomic E-state index is 11.0. The molecule has 0 amide bonds. The molecule has 0 fully saturated rings. The zero-order valence-corrected chi connectivity index (χ0v) is 23.7. The highest BCUT2D eigenvalue weighted by atomic mass is 16.5. The fourth-order valence-corrected chi connectivity index (χ4v) is 3.76. The van der Waals surface area contributed by atoms with Crippen molar-refractivity contribution in [1.29, 1.82) is 0 Å².